The van der Waals surface area contributed by atoms with Gasteiger partial charge in [-0.1, -0.05) is 17.7 Å². The number of halogens is 1. The molecule has 0 aliphatic rings. The zero-order valence-electron chi connectivity index (χ0n) is 10.5. The first kappa shape index (κ1) is 12.9. The Morgan fingerprint density at radius 3 is 2.83 bits per heavy atom. The van der Waals surface area contributed by atoms with Crippen molar-refractivity contribution in [3.8, 4) is 11.6 Å². The molecule has 0 radical (unpaired) electrons. The zero-order chi connectivity index (χ0) is 13.1. The van der Waals surface area contributed by atoms with E-state index in [9.17, 15) is 0 Å². The quantitative estimate of drug-likeness (QED) is 0.924. The number of rotatable bonds is 4. The van der Waals surface area contributed by atoms with Crippen LogP contribution in [0.3, 0.4) is 0 Å². The van der Waals surface area contributed by atoms with Gasteiger partial charge in [0, 0.05) is 23.3 Å². The maximum atomic E-state index is 6.02. The molecule has 5 heteroatoms. The van der Waals surface area contributed by atoms with Gasteiger partial charge in [0.25, 0.3) is 0 Å². The first-order chi connectivity index (χ1) is 8.61. The van der Waals surface area contributed by atoms with Gasteiger partial charge >= 0.3 is 0 Å². The lowest BCUT2D eigenvalue weighted by Crippen LogP contribution is -2.11. The molecular formula is C13H16ClN3O. The summed E-state index contributed by atoms with van der Waals surface area (Å²) in [6, 6.07) is 7.61. The van der Waals surface area contributed by atoms with Crippen LogP contribution in [0.2, 0.25) is 5.02 Å². The number of nitrogens with two attached hydrogens (primary N) is 1. The van der Waals surface area contributed by atoms with Gasteiger partial charge in [0.15, 0.2) is 0 Å². The highest BCUT2D eigenvalue weighted by Crippen LogP contribution is 2.22. The molecule has 0 aliphatic heterocycles. The lowest BCUT2D eigenvalue weighted by Gasteiger charge is -2.08. The zero-order valence-corrected chi connectivity index (χ0v) is 11.2. The minimum absolute atomic E-state index is 0.463. The Labute approximate surface area is 111 Å². The number of aromatic nitrogens is 2. The van der Waals surface area contributed by atoms with Gasteiger partial charge in [-0.3, -0.25) is 0 Å². The lowest BCUT2D eigenvalue weighted by molar-refractivity contribution is 0.313. The SMILES string of the molecule is Cc1ccc(Cl)cc1-n1nc(OCCN)cc1C. The van der Waals surface area contributed by atoms with Crippen molar-refractivity contribution in [1.29, 1.82) is 0 Å². The summed E-state index contributed by atoms with van der Waals surface area (Å²) in [5.41, 5.74) is 8.46. The molecule has 0 bridgehead atoms. The van der Waals surface area contributed by atoms with Crippen molar-refractivity contribution in [3.63, 3.8) is 0 Å². The van der Waals surface area contributed by atoms with Crippen LogP contribution in [-0.2, 0) is 0 Å². The topological polar surface area (TPSA) is 53.1 Å². The average Bonchev–Trinajstić information content (AvgIpc) is 2.71. The van der Waals surface area contributed by atoms with Gasteiger partial charge in [0.1, 0.15) is 6.61 Å². The van der Waals surface area contributed by atoms with Crippen LogP contribution in [0.5, 0.6) is 5.88 Å². The summed E-state index contributed by atoms with van der Waals surface area (Å²) in [5, 5.41) is 5.09. The molecule has 1 aromatic heterocycles. The smallest absolute Gasteiger partial charge is 0.233 e. The van der Waals surface area contributed by atoms with E-state index in [1.807, 2.05) is 42.8 Å². The largest absolute Gasteiger partial charge is 0.475 e. The van der Waals surface area contributed by atoms with E-state index >= 15 is 0 Å². The van der Waals surface area contributed by atoms with Crippen LogP contribution in [0.1, 0.15) is 11.3 Å². The molecule has 0 aliphatic carbocycles. The summed E-state index contributed by atoms with van der Waals surface area (Å²) in [7, 11) is 0. The predicted octanol–water partition coefficient (Wildman–Crippen LogP) is 2.48. The molecule has 4 nitrogen and oxygen atoms in total. The van der Waals surface area contributed by atoms with Gasteiger partial charge in [-0.15, -0.1) is 5.10 Å². The molecule has 2 rings (SSSR count). The molecule has 0 spiro atoms. The third kappa shape index (κ3) is 2.66. The second-order valence-corrected chi connectivity index (χ2v) is 4.54. The van der Waals surface area contributed by atoms with Gasteiger partial charge in [0.05, 0.1) is 5.69 Å². The molecule has 0 saturated heterocycles. The first-order valence-electron chi connectivity index (χ1n) is 5.78. The number of benzene rings is 1. The Bertz CT molecular complexity index is 551. The Morgan fingerprint density at radius 1 is 1.33 bits per heavy atom. The molecule has 0 atom stereocenters. The molecule has 96 valence electrons. The molecule has 0 unspecified atom stereocenters. The second kappa shape index (κ2) is 5.42. The summed E-state index contributed by atoms with van der Waals surface area (Å²) < 4.78 is 7.24. The van der Waals surface area contributed by atoms with E-state index in [4.69, 9.17) is 22.1 Å². The molecule has 0 saturated carbocycles. The Morgan fingerprint density at radius 2 is 2.11 bits per heavy atom. The monoisotopic (exact) mass is 265 g/mol. The number of aryl methyl sites for hydroxylation is 2. The fourth-order valence-electron chi connectivity index (χ4n) is 1.73. The number of hydrogen-bond acceptors (Lipinski definition) is 3. The normalized spacial score (nSPS) is 10.7. The fraction of sp³-hybridized carbons (Fsp3) is 0.308. The third-order valence-corrected chi connectivity index (χ3v) is 2.87. The van der Waals surface area contributed by atoms with Crippen molar-refractivity contribution in [2.75, 3.05) is 13.2 Å². The number of ether oxygens (including phenoxy) is 1. The van der Waals surface area contributed by atoms with E-state index in [0.717, 1.165) is 16.9 Å². The van der Waals surface area contributed by atoms with Crippen LogP contribution in [0, 0.1) is 13.8 Å². The van der Waals surface area contributed by atoms with Gasteiger partial charge < -0.3 is 10.5 Å². The van der Waals surface area contributed by atoms with Crippen LogP contribution >= 0.6 is 11.6 Å². The van der Waals surface area contributed by atoms with E-state index < -0.39 is 0 Å². The van der Waals surface area contributed by atoms with Crippen LogP contribution in [-0.4, -0.2) is 22.9 Å². The summed E-state index contributed by atoms with van der Waals surface area (Å²) in [6.07, 6.45) is 0. The number of nitrogens with zero attached hydrogens (tertiary/aromatic N) is 2. The molecule has 1 heterocycles. The van der Waals surface area contributed by atoms with Crippen molar-refractivity contribution in [1.82, 2.24) is 9.78 Å². The van der Waals surface area contributed by atoms with E-state index in [-0.39, 0.29) is 0 Å². The van der Waals surface area contributed by atoms with Crippen molar-refractivity contribution >= 4 is 11.6 Å². The van der Waals surface area contributed by atoms with Gasteiger partial charge in [-0.05, 0) is 31.5 Å². The second-order valence-electron chi connectivity index (χ2n) is 4.10. The fourth-order valence-corrected chi connectivity index (χ4v) is 1.90. The highest BCUT2D eigenvalue weighted by Gasteiger charge is 2.09. The molecule has 0 amide bonds. The van der Waals surface area contributed by atoms with Crippen LogP contribution in [0.25, 0.3) is 5.69 Å². The molecule has 2 N–H and O–H groups in total. The molecule has 2 aromatic rings. The Kier molecular flexibility index (Phi) is 3.89. The molecular weight excluding hydrogens is 250 g/mol. The summed E-state index contributed by atoms with van der Waals surface area (Å²) in [5.74, 6) is 0.581. The highest BCUT2D eigenvalue weighted by molar-refractivity contribution is 6.30. The average molecular weight is 266 g/mol. The predicted molar refractivity (Wildman–Crippen MR) is 72.6 cm³/mol. The first-order valence-corrected chi connectivity index (χ1v) is 6.15. The summed E-state index contributed by atoms with van der Waals surface area (Å²) in [4.78, 5) is 0. The van der Waals surface area contributed by atoms with E-state index in [1.54, 1.807) is 0 Å². The van der Waals surface area contributed by atoms with Gasteiger partial charge in [-0.25, -0.2) is 4.68 Å². The maximum absolute atomic E-state index is 6.02. The summed E-state index contributed by atoms with van der Waals surface area (Å²) >= 11 is 6.02. The van der Waals surface area contributed by atoms with Crippen molar-refractivity contribution in [2.45, 2.75) is 13.8 Å². The minimum atomic E-state index is 0.463. The van der Waals surface area contributed by atoms with Crippen molar-refractivity contribution in [2.24, 2.45) is 5.73 Å². The van der Waals surface area contributed by atoms with Crippen molar-refractivity contribution in [3.05, 3.63) is 40.5 Å². The van der Waals surface area contributed by atoms with E-state index in [1.165, 1.54) is 0 Å². The minimum Gasteiger partial charge on any atom is -0.475 e. The van der Waals surface area contributed by atoms with Gasteiger partial charge in [-0.2, -0.15) is 0 Å². The Hall–Kier alpha value is -1.52. The van der Waals surface area contributed by atoms with Crippen LogP contribution in [0.4, 0.5) is 0 Å². The van der Waals surface area contributed by atoms with Crippen LogP contribution < -0.4 is 10.5 Å². The van der Waals surface area contributed by atoms with E-state index in [0.29, 0.717) is 24.1 Å². The van der Waals surface area contributed by atoms with Gasteiger partial charge in [0.2, 0.25) is 5.88 Å². The maximum Gasteiger partial charge on any atom is 0.233 e. The van der Waals surface area contributed by atoms with Crippen molar-refractivity contribution < 1.29 is 4.74 Å². The molecule has 1 aromatic carbocycles. The third-order valence-electron chi connectivity index (χ3n) is 2.63. The number of hydrogen-bond donors (Lipinski definition) is 1. The van der Waals surface area contributed by atoms with Crippen LogP contribution in [0.15, 0.2) is 24.3 Å². The highest BCUT2D eigenvalue weighted by atomic mass is 35.5. The molecule has 18 heavy (non-hydrogen) atoms. The lowest BCUT2D eigenvalue weighted by atomic mass is 10.2. The Balaban J connectivity index is 2.38. The van der Waals surface area contributed by atoms with E-state index in [2.05, 4.69) is 5.10 Å². The molecule has 0 fully saturated rings. The standard InChI is InChI=1S/C13H16ClN3O/c1-9-3-4-11(14)8-12(9)17-10(2)7-13(16-17)18-6-5-15/h3-4,7-8H,5-6,15H2,1-2H3. The summed E-state index contributed by atoms with van der Waals surface area (Å²) in [6.45, 7) is 4.93.